The van der Waals surface area contributed by atoms with Crippen LogP contribution in [0.4, 0.5) is 4.79 Å². The minimum absolute atomic E-state index is 0.0624. The first-order chi connectivity index (χ1) is 11.3. The quantitative estimate of drug-likeness (QED) is 0.803. The molecular formula is C16H24ClN3O3S. The number of urea groups is 1. The molecule has 0 bridgehead atoms. The second-order valence-electron chi connectivity index (χ2n) is 6.09. The number of likely N-dealkylation sites (tertiary alicyclic amines) is 1. The maximum absolute atomic E-state index is 12.5. The summed E-state index contributed by atoms with van der Waals surface area (Å²) in [5, 5.41) is 3.57. The summed E-state index contributed by atoms with van der Waals surface area (Å²) in [6.45, 7) is 1.47. The van der Waals surface area contributed by atoms with Gasteiger partial charge < -0.3 is 10.2 Å². The Hall–Kier alpha value is -1.31. The number of carbonyl (C=O) groups excluding carboxylic acids is 1. The summed E-state index contributed by atoms with van der Waals surface area (Å²) in [4.78, 5) is 14.3. The first kappa shape index (κ1) is 19.0. The van der Waals surface area contributed by atoms with Gasteiger partial charge >= 0.3 is 6.03 Å². The number of rotatable bonds is 6. The summed E-state index contributed by atoms with van der Waals surface area (Å²) < 4.78 is 24.8. The number of hydrogen-bond donors (Lipinski definition) is 2. The lowest BCUT2D eigenvalue weighted by Gasteiger charge is -2.35. The number of nitrogens with one attached hydrogen (secondary N) is 2. The number of sulfonamides is 1. The van der Waals surface area contributed by atoms with Gasteiger partial charge in [0, 0.05) is 30.7 Å². The largest absolute Gasteiger partial charge is 0.334 e. The molecule has 1 saturated heterocycles. The van der Waals surface area contributed by atoms with Gasteiger partial charge in [-0.15, -0.1) is 0 Å². The van der Waals surface area contributed by atoms with Crippen LogP contribution in [0.25, 0.3) is 0 Å². The van der Waals surface area contributed by atoms with Crippen LogP contribution in [0.3, 0.4) is 0 Å². The van der Waals surface area contributed by atoms with Gasteiger partial charge in [0.2, 0.25) is 10.0 Å². The van der Waals surface area contributed by atoms with Gasteiger partial charge in [0.05, 0.1) is 6.26 Å². The highest BCUT2D eigenvalue weighted by Crippen LogP contribution is 2.19. The maximum Gasteiger partial charge on any atom is 0.317 e. The van der Waals surface area contributed by atoms with Crippen molar-refractivity contribution in [1.29, 1.82) is 0 Å². The first-order valence-corrected chi connectivity index (χ1v) is 10.4. The van der Waals surface area contributed by atoms with E-state index in [1.165, 1.54) is 0 Å². The Morgan fingerprint density at radius 3 is 2.88 bits per heavy atom. The molecule has 1 heterocycles. The third-order valence-electron chi connectivity index (χ3n) is 4.06. The zero-order chi connectivity index (χ0) is 17.6. The van der Waals surface area contributed by atoms with Crippen molar-refractivity contribution in [2.45, 2.75) is 38.3 Å². The Morgan fingerprint density at radius 1 is 1.38 bits per heavy atom. The summed E-state index contributed by atoms with van der Waals surface area (Å²) in [6, 6.07) is 7.33. The highest BCUT2D eigenvalue weighted by atomic mass is 35.5. The second-order valence-corrected chi connectivity index (χ2v) is 8.36. The monoisotopic (exact) mass is 373 g/mol. The number of halogens is 1. The molecule has 1 atom stereocenters. The Balaban J connectivity index is 1.87. The maximum atomic E-state index is 12.5. The normalized spacial score (nSPS) is 18.4. The molecule has 0 radical (unpaired) electrons. The lowest BCUT2D eigenvalue weighted by Crippen LogP contribution is -2.49. The van der Waals surface area contributed by atoms with E-state index in [1.807, 2.05) is 23.1 Å². The lowest BCUT2D eigenvalue weighted by molar-refractivity contribution is 0.147. The van der Waals surface area contributed by atoms with Crippen molar-refractivity contribution in [3.8, 4) is 0 Å². The van der Waals surface area contributed by atoms with E-state index in [0.717, 1.165) is 31.1 Å². The number of nitrogens with zero attached hydrogens (tertiary/aromatic N) is 1. The molecule has 0 aromatic heterocycles. The minimum Gasteiger partial charge on any atom is -0.334 e. The molecule has 0 saturated carbocycles. The molecule has 1 aromatic carbocycles. The molecule has 0 aliphatic carbocycles. The summed E-state index contributed by atoms with van der Waals surface area (Å²) >= 11 is 5.95. The highest BCUT2D eigenvalue weighted by molar-refractivity contribution is 7.88. The minimum atomic E-state index is -3.19. The van der Waals surface area contributed by atoms with E-state index in [1.54, 1.807) is 6.07 Å². The van der Waals surface area contributed by atoms with E-state index in [2.05, 4.69) is 10.0 Å². The van der Waals surface area contributed by atoms with Crippen LogP contribution in [0.15, 0.2) is 24.3 Å². The average molecular weight is 374 g/mol. The van der Waals surface area contributed by atoms with E-state index in [-0.39, 0.29) is 12.1 Å². The molecule has 8 heteroatoms. The van der Waals surface area contributed by atoms with Gasteiger partial charge in [-0.3, -0.25) is 0 Å². The van der Waals surface area contributed by atoms with E-state index >= 15 is 0 Å². The number of carbonyl (C=O) groups is 1. The van der Waals surface area contributed by atoms with Crippen LogP contribution >= 0.6 is 11.6 Å². The average Bonchev–Trinajstić information content (AvgIpc) is 2.52. The van der Waals surface area contributed by atoms with Crippen LogP contribution in [-0.4, -0.2) is 44.7 Å². The molecule has 24 heavy (non-hydrogen) atoms. The number of piperidine rings is 1. The van der Waals surface area contributed by atoms with Crippen LogP contribution in [0, 0.1) is 0 Å². The third-order valence-corrected chi connectivity index (χ3v) is 5.03. The number of amides is 2. The molecule has 6 nitrogen and oxygen atoms in total. The third kappa shape index (κ3) is 6.30. The zero-order valence-electron chi connectivity index (χ0n) is 13.8. The fourth-order valence-electron chi connectivity index (χ4n) is 2.91. The van der Waals surface area contributed by atoms with Crippen molar-refractivity contribution in [3.63, 3.8) is 0 Å². The van der Waals surface area contributed by atoms with Crippen LogP contribution in [0.2, 0.25) is 5.02 Å². The lowest BCUT2D eigenvalue weighted by atomic mass is 10.00. The van der Waals surface area contributed by atoms with Crippen molar-refractivity contribution < 1.29 is 13.2 Å². The molecule has 1 unspecified atom stereocenters. The van der Waals surface area contributed by atoms with Crippen LogP contribution in [0.1, 0.15) is 31.2 Å². The van der Waals surface area contributed by atoms with Crippen molar-refractivity contribution in [2.75, 3.05) is 19.3 Å². The Labute approximate surface area is 148 Å². The van der Waals surface area contributed by atoms with Gasteiger partial charge in [-0.05, 0) is 43.4 Å². The summed E-state index contributed by atoms with van der Waals surface area (Å²) in [5.74, 6) is 0. The fourth-order valence-corrected chi connectivity index (χ4v) is 3.61. The molecule has 2 rings (SSSR count). The predicted octanol–water partition coefficient (Wildman–Crippen LogP) is 2.34. The SMILES string of the molecule is CS(=O)(=O)NCCC1CCCCN1C(=O)NCc1cccc(Cl)c1. The zero-order valence-corrected chi connectivity index (χ0v) is 15.4. The molecule has 2 N–H and O–H groups in total. The molecular weight excluding hydrogens is 350 g/mol. The van der Waals surface area contributed by atoms with Gasteiger partial charge in [0.15, 0.2) is 0 Å². The predicted molar refractivity (Wildman–Crippen MR) is 95.5 cm³/mol. The summed E-state index contributed by atoms with van der Waals surface area (Å²) in [6.07, 6.45) is 4.69. The molecule has 2 amide bonds. The van der Waals surface area contributed by atoms with Gasteiger partial charge in [0.1, 0.15) is 0 Å². The van der Waals surface area contributed by atoms with Crippen LogP contribution in [-0.2, 0) is 16.6 Å². The van der Waals surface area contributed by atoms with Crippen LogP contribution < -0.4 is 10.0 Å². The van der Waals surface area contributed by atoms with Gasteiger partial charge in [-0.25, -0.2) is 17.9 Å². The Bertz CT molecular complexity index is 666. The number of benzene rings is 1. The van der Waals surface area contributed by atoms with Gasteiger partial charge in [-0.1, -0.05) is 23.7 Å². The van der Waals surface area contributed by atoms with Crippen LogP contribution in [0.5, 0.6) is 0 Å². The fraction of sp³-hybridized carbons (Fsp3) is 0.562. The standard InChI is InChI=1S/C16H24ClN3O3S/c1-24(22,23)19-9-8-15-7-2-3-10-20(15)16(21)18-12-13-5-4-6-14(17)11-13/h4-6,11,15,19H,2-3,7-10,12H2,1H3,(H,18,21). The summed E-state index contributed by atoms with van der Waals surface area (Å²) in [7, 11) is -3.19. The van der Waals surface area contributed by atoms with Crippen molar-refractivity contribution in [3.05, 3.63) is 34.9 Å². The molecule has 1 aliphatic rings. The van der Waals surface area contributed by atoms with E-state index in [9.17, 15) is 13.2 Å². The van der Waals surface area contributed by atoms with Gasteiger partial charge in [0.25, 0.3) is 0 Å². The van der Waals surface area contributed by atoms with Crippen molar-refractivity contribution in [1.82, 2.24) is 14.9 Å². The molecule has 134 valence electrons. The molecule has 0 spiro atoms. The van der Waals surface area contributed by atoms with E-state index < -0.39 is 10.0 Å². The summed E-state index contributed by atoms with van der Waals surface area (Å²) in [5.41, 5.74) is 0.947. The Morgan fingerprint density at radius 2 is 2.17 bits per heavy atom. The van der Waals surface area contributed by atoms with Crippen molar-refractivity contribution >= 4 is 27.7 Å². The first-order valence-electron chi connectivity index (χ1n) is 8.09. The Kier molecular flexibility index (Phi) is 6.89. The smallest absolute Gasteiger partial charge is 0.317 e. The second kappa shape index (κ2) is 8.69. The molecule has 1 fully saturated rings. The van der Waals surface area contributed by atoms with E-state index in [0.29, 0.717) is 31.1 Å². The molecule has 1 aliphatic heterocycles. The number of hydrogen-bond acceptors (Lipinski definition) is 3. The van der Waals surface area contributed by atoms with Crippen molar-refractivity contribution in [2.24, 2.45) is 0 Å². The topological polar surface area (TPSA) is 78.5 Å². The highest BCUT2D eigenvalue weighted by Gasteiger charge is 2.26. The van der Waals surface area contributed by atoms with E-state index in [4.69, 9.17) is 11.6 Å². The molecule has 1 aromatic rings. The van der Waals surface area contributed by atoms with Gasteiger partial charge in [-0.2, -0.15) is 0 Å².